The molecule has 0 radical (unpaired) electrons. The third-order valence-electron chi connectivity index (χ3n) is 3.45. The summed E-state index contributed by atoms with van der Waals surface area (Å²) in [5.74, 6) is 0.0507. The second kappa shape index (κ2) is 6.77. The first-order chi connectivity index (χ1) is 10.2. The number of rotatable bonds is 5. The molecule has 0 bridgehead atoms. The Labute approximate surface area is 132 Å². The van der Waals surface area contributed by atoms with Gasteiger partial charge in [0.15, 0.2) is 4.34 Å². The van der Waals surface area contributed by atoms with Crippen LogP contribution in [0.25, 0.3) is 10.2 Å². The minimum absolute atomic E-state index is 0.0507. The van der Waals surface area contributed by atoms with Crippen molar-refractivity contribution in [3.8, 4) is 0 Å². The van der Waals surface area contributed by atoms with Gasteiger partial charge in [0, 0.05) is 13.2 Å². The summed E-state index contributed by atoms with van der Waals surface area (Å²) in [4.78, 5) is 16.7. The topological polar surface area (TPSA) is 51.2 Å². The minimum Gasteiger partial charge on any atom is -0.376 e. The maximum Gasteiger partial charge on any atom is 0.233 e. The minimum atomic E-state index is -0.146. The van der Waals surface area contributed by atoms with E-state index in [2.05, 4.69) is 16.4 Å². The van der Waals surface area contributed by atoms with E-state index in [9.17, 15) is 4.79 Å². The molecular weight excluding hydrogens is 304 g/mol. The quantitative estimate of drug-likeness (QED) is 0.860. The van der Waals surface area contributed by atoms with Gasteiger partial charge in [-0.1, -0.05) is 23.9 Å². The second-order valence-corrected chi connectivity index (χ2v) is 7.71. The SMILES string of the molecule is CC(Sc1nc2ccccc2s1)C(=O)NCC1CCCO1. The highest BCUT2D eigenvalue weighted by Gasteiger charge is 2.20. The zero-order valence-corrected chi connectivity index (χ0v) is 13.5. The molecule has 2 unspecified atom stereocenters. The van der Waals surface area contributed by atoms with Crippen LogP contribution in [0.4, 0.5) is 0 Å². The molecule has 6 heteroatoms. The molecule has 2 aromatic rings. The number of aromatic nitrogens is 1. The Morgan fingerprint density at radius 3 is 3.19 bits per heavy atom. The molecule has 1 aliphatic rings. The number of fused-ring (bicyclic) bond motifs is 1. The first-order valence-electron chi connectivity index (χ1n) is 7.14. The maximum absolute atomic E-state index is 12.1. The number of nitrogens with zero attached hydrogens (tertiary/aromatic N) is 1. The molecule has 2 heterocycles. The van der Waals surface area contributed by atoms with Gasteiger partial charge in [-0.25, -0.2) is 4.98 Å². The van der Waals surface area contributed by atoms with Gasteiger partial charge in [0.05, 0.1) is 21.6 Å². The van der Waals surface area contributed by atoms with E-state index in [1.54, 1.807) is 11.3 Å². The van der Waals surface area contributed by atoms with Crippen molar-refractivity contribution in [1.82, 2.24) is 10.3 Å². The Morgan fingerprint density at radius 1 is 1.57 bits per heavy atom. The van der Waals surface area contributed by atoms with E-state index >= 15 is 0 Å². The number of thiazole rings is 1. The van der Waals surface area contributed by atoms with Crippen molar-refractivity contribution >= 4 is 39.2 Å². The third-order valence-corrected chi connectivity index (χ3v) is 5.68. The van der Waals surface area contributed by atoms with Gasteiger partial charge < -0.3 is 10.1 Å². The van der Waals surface area contributed by atoms with E-state index in [0.717, 1.165) is 34.0 Å². The molecule has 1 fully saturated rings. The normalized spacial score (nSPS) is 19.8. The number of amides is 1. The molecular formula is C15H18N2O2S2. The molecule has 0 spiro atoms. The van der Waals surface area contributed by atoms with Crippen LogP contribution in [0.15, 0.2) is 28.6 Å². The van der Waals surface area contributed by atoms with Crippen LogP contribution in [-0.2, 0) is 9.53 Å². The summed E-state index contributed by atoms with van der Waals surface area (Å²) in [5.41, 5.74) is 0.997. The number of para-hydroxylation sites is 1. The van der Waals surface area contributed by atoms with Gasteiger partial charge >= 0.3 is 0 Å². The fourth-order valence-corrected chi connectivity index (χ4v) is 4.51. The van der Waals surface area contributed by atoms with Crippen LogP contribution >= 0.6 is 23.1 Å². The summed E-state index contributed by atoms with van der Waals surface area (Å²) in [5, 5.41) is 2.82. The van der Waals surface area contributed by atoms with E-state index in [1.807, 2.05) is 25.1 Å². The van der Waals surface area contributed by atoms with Crippen LogP contribution in [0.5, 0.6) is 0 Å². The van der Waals surface area contributed by atoms with Crippen LogP contribution in [-0.4, -0.2) is 35.4 Å². The molecule has 112 valence electrons. The van der Waals surface area contributed by atoms with Gasteiger partial charge in [0.1, 0.15) is 0 Å². The number of hydrogen-bond acceptors (Lipinski definition) is 5. The van der Waals surface area contributed by atoms with E-state index in [1.165, 1.54) is 11.8 Å². The zero-order chi connectivity index (χ0) is 14.7. The lowest BCUT2D eigenvalue weighted by Crippen LogP contribution is -2.36. The van der Waals surface area contributed by atoms with E-state index in [0.29, 0.717) is 6.54 Å². The largest absolute Gasteiger partial charge is 0.376 e. The Morgan fingerprint density at radius 2 is 2.43 bits per heavy atom. The molecule has 1 N–H and O–H groups in total. The Balaban J connectivity index is 1.54. The smallest absolute Gasteiger partial charge is 0.233 e. The van der Waals surface area contributed by atoms with E-state index in [-0.39, 0.29) is 17.3 Å². The van der Waals surface area contributed by atoms with Crippen molar-refractivity contribution < 1.29 is 9.53 Å². The monoisotopic (exact) mass is 322 g/mol. The molecule has 3 rings (SSSR count). The second-order valence-electron chi connectivity index (χ2n) is 5.09. The molecule has 1 aromatic heterocycles. The van der Waals surface area contributed by atoms with Crippen molar-refractivity contribution in [2.24, 2.45) is 0 Å². The Hall–Kier alpha value is -1.11. The van der Waals surface area contributed by atoms with Gasteiger partial charge in [0.2, 0.25) is 5.91 Å². The number of carbonyl (C=O) groups excluding carboxylic acids is 1. The molecule has 4 nitrogen and oxygen atoms in total. The lowest BCUT2D eigenvalue weighted by atomic mass is 10.2. The van der Waals surface area contributed by atoms with Crippen molar-refractivity contribution in [2.75, 3.05) is 13.2 Å². The first-order valence-corrected chi connectivity index (χ1v) is 8.83. The molecule has 1 aromatic carbocycles. The lowest BCUT2D eigenvalue weighted by Gasteiger charge is -2.13. The highest BCUT2D eigenvalue weighted by Crippen LogP contribution is 2.31. The summed E-state index contributed by atoms with van der Waals surface area (Å²) >= 11 is 3.15. The van der Waals surface area contributed by atoms with Crippen molar-refractivity contribution in [1.29, 1.82) is 0 Å². The fraction of sp³-hybridized carbons (Fsp3) is 0.467. The summed E-state index contributed by atoms with van der Waals surface area (Å²) in [6, 6.07) is 8.04. The summed E-state index contributed by atoms with van der Waals surface area (Å²) in [6.07, 6.45) is 2.32. The molecule has 0 saturated carbocycles. The number of hydrogen-bond donors (Lipinski definition) is 1. The highest BCUT2D eigenvalue weighted by atomic mass is 32.2. The standard InChI is InChI=1S/C15H18N2O2S2/c1-10(14(18)16-9-11-5-4-8-19-11)20-15-17-12-6-2-3-7-13(12)21-15/h2-3,6-7,10-11H,4-5,8-9H2,1H3,(H,16,18). The number of benzene rings is 1. The van der Waals surface area contributed by atoms with E-state index in [4.69, 9.17) is 4.74 Å². The number of nitrogens with one attached hydrogen (secondary N) is 1. The van der Waals surface area contributed by atoms with Gasteiger partial charge in [0.25, 0.3) is 0 Å². The summed E-state index contributed by atoms with van der Waals surface area (Å²) in [7, 11) is 0. The van der Waals surface area contributed by atoms with Crippen LogP contribution in [0.1, 0.15) is 19.8 Å². The lowest BCUT2D eigenvalue weighted by molar-refractivity contribution is -0.120. The van der Waals surface area contributed by atoms with Crippen LogP contribution < -0.4 is 5.32 Å². The average Bonchev–Trinajstić information content (AvgIpc) is 3.13. The molecule has 1 saturated heterocycles. The van der Waals surface area contributed by atoms with Gasteiger partial charge in [-0.05, 0) is 31.9 Å². The highest BCUT2D eigenvalue weighted by molar-refractivity contribution is 8.02. The predicted molar refractivity (Wildman–Crippen MR) is 86.9 cm³/mol. The third kappa shape index (κ3) is 3.75. The van der Waals surface area contributed by atoms with Gasteiger partial charge in [-0.15, -0.1) is 11.3 Å². The Bertz CT molecular complexity index is 590. The van der Waals surface area contributed by atoms with Crippen LogP contribution in [0, 0.1) is 0 Å². The molecule has 0 aliphatic carbocycles. The fourth-order valence-electron chi connectivity index (χ4n) is 2.27. The number of ether oxygens (including phenoxy) is 1. The first kappa shape index (κ1) is 14.8. The molecule has 2 atom stereocenters. The Kier molecular flexibility index (Phi) is 4.77. The molecule has 1 amide bonds. The number of thioether (sulfide) groups is 1. The summed E-state index contributed by atoms with van der Waals surface area (Å²) in [6.45, 7) is 3.35. The molecule has 1 aliphatic heterocycles. The van der Waals surface area contributed by atoms with Crippen LogP contribution in [0.3, 0.4) is 0 Å². The maximum atomic E-state index is 12.1. The summed E-state index contributed by atoms with van der Waals surface area (Å²) < 4.78 is 7.61. The number of carbonyl (C=O) groups is 1. The van der Waals surface area contributed by atoms with E-state index < -0.39 is 0 Å². The zero-order valence-electron chi connectivity index (χ0n) is 11.9. The van der Waals surface area contributed by atoms with Gasteiger partial charge in [-0.2, -0.15) is 0 Å². The van der Waals surface area contributed by atoms with Crippen LogP contribution in [0.2, 0.25) is 0 Å². The van der Waals surface area contributed by atoms with Crippen molar-refractivity contribution in [2.45, 2.75) is 35.5 Å². The van der Waals surface area contributed by atoms with Gasteiger partial charge in [-0.3, -0.25) is 4.79 Å². The van der Waals surface area contributed by atoms with Crippen molar-refractivity contribution in [3.63, 3.8) is 0 Å². The molecule has 21 heavy (non-hydrogen) atoms. The average molecular weight is 322 g/mol. The predicted octanol–water partition coefficient (Wildman–Crippen LogP) is 3.07. The van der Waals surface area contributed by atoms with Crippen molar-refractivity contribution in [3.05, 3.63) is 24.3 Å².